The Labute approximate surface area is 454 Å². The standard InChI is InChI=1S/C65H78O12/c1-8-63(6)37-39-65(60(70)71)38-36-61(2,3)40-48(65)47(63)33-32-46-30-21-31-50-62(4,5)51(34-35-64(46,50)7)74-59-54(77-58(69)45-28-19-12-20-29-45)53(76-57(68)44-26-17-11-18-27-44)52(75-56(67)43-24-15-10-16-25-43)49(73-59)41-72-55(66)42-22-13-9-14-23-42/h9-20,22-29,33,46,48-54,59H,8,21,30-32,34-41H2,1-7H3,(H,70,71)/b47-33-/t46?,48?,49?,50?,51-,52+,53?,54?,59-,63?,64?,65-/m0/s1. The SMILES string of the molecule is CCC1(C)CC[C@@]2(C(=O)O)CCC(C)(C)CC2/C1=C/CC1CCCC2C1(C)CC[C@H](O[C@@H]1OC(COC(=O)c3ccccc3)[C@@H](OC(=O)c3ccccc3)C(OC(=O)c3ccccc3)C1OC(=O)c1ccccc1)C2(C)C. The second kappa shape index (κ2) is 22.7. The van der Waals surface area contributed by atoms with Crippen molar-refractivity contribution in [1.82, 2.24) is 0 Å². The van der Waals surface area contributed by atoms with Crippen LogP contribution >= 0.6 is 0 Å². The van der Waals surface area contributed by atoms with Crippen molar-refractivity contribution >= 4 is 29.8 Å². The van der Waals surface area contributed by atoms with Crippen LogP contribution in [0.3, 0.4) is 0 Å². The maximum absolute atomic E-state index is 14.4. The van der Waals surface area contributed by atoms with Gasteiger partial charge < -0.3 is 33.5 Å². The minimum atomic E-state index is -1.53. The zero-order chi connectivity index (χ0) is 54.8. The Kier molecular flexibility index (Phi) is 16.4. The fraction of sp³-hybridized carbons (Fsp3) is 0.523. The van der Waals surface area contributed by atoms with E-state index < -0.39 is 84.1 Å². The summed E-state index contributed by atoms with van der Waals surface area (Å²) in [6.45, 7) is 15.7. The van der Waals surface area contributed by atoms with E-state index in [1.165, 1.54) is 5.57 Å². The van der Waals surface area contributed by atoms with Crippen molar-refractivity contribution < 1.29 is 57.5 Å². The van der Waals surface area contributed by atoms with E-state index in [2.05, 4.69) is 54.5 Å². The summed E-state index contributed by atoms with van der Waals surface area (Å²) >= 11 is 0. The first-order valence-corrected chi connectivity index (χ1v) is 28.0. The molecule has 0 spiro atoms. The number of esters is 4. The van der Waals surface area contributed by atoms with Crippen LogP contribution in [0.5, 0.6) is 0 Å². The minimum Gasteiger partial charge on any atom is -0.481 e. The molecule has 77 heavy (non-hydrogen) atoms. The summed E-state index contributed by atoms with van der Waals surface area (Å²) in [6.07, 6.45) is 5.24. The second-order valence-corrected chi connectivity index (χ2v) is 24.6. The number of rotatable bonds is 15. The van der Waals surface area contributed by atoms with E-state index in [4.69, 9.17) is 28.4 Å². The van der Waals surface area contributed by atoms with Crippen LogP contribution < -0.4 is 0 Å². The summed E-state index contributed by atoms with van der Waals surface area (Å²) in [4.78, 5) is 69.8. The van der Waals surface area contributed by atoms with Gasteiger partial charge in [-0.05, 0) is 159 Å². The highest BCUT2D eigenvalue weighted by molar-refractivity contribution is 5.91. The number of carbonyl (C=O) groups excluding carboxylic acids is 4. The number of ether oxygens (including phenoxy) is 6. The molecule has 0 amide bonds. The molecule has 1 aliphatic heterocycles. The van der Waals surface area contributed by atoms with E-state index in [0.29, 0.717) is 18.8 Å². The third kappa shape index (κ3) is 11.4. The van der Waals surface area contributed by atoms with Gasteiger partial charge in [0.1, 0.15) is 12.7 Å². The Morgan fingerprint density at radius 3 is 1.65 bits per heavy atom. The topological polar surface area (TPSA) is 161 Å². The Hall–Kier alpha value is -6.11. The quantitative estimate of drug-likeness (QED) is 0.0520. The highest BCUT2D eigenvalue weighted by atomic mass is 16.7. The molecule has 8 unspecified atom stereocenters. The smallest absolute Gasteiger partial charge is 0.338 e. The molecule has 0 radical (unpaired) electrons. The summed E-state index contributed by atoms with van der Waals surface area (Å²) < 4.78 is 39.2. The number of carboxylic acid groups (broad SMARTS) is 1. The molecule has 4 aromatic carbocycles. The van der Waals surface area contributed by atoms with Crippen molar-refractivity contribution in [2.45, 2.75) is 162 Å². The van der Waals surface area contributed by atoms with Crippen molar-refractivity contribution in [3.63, 3.8) is 0 Å². The van der Waals surface area contributed by atoms with Crippen LogP contribution in [0.15, 0.2) is 133 Å². The number of carbonyl (C=O) groups is 5. The molecule has 12 atom stereocenters. The lowest BCUT2D eigenvalue weighted by Crippen LogP contribution is -2.64. The summed E-state index contributed by atoms with van der Waals surface area (Å²) in [7, 11) is 0. The van der Waals surface area contributed by atoms with Gasteiger partial charge in [-0.25, -0.2) is 19.2 Å². The van der Waals surface area contributed by atoms with Crippen molar-refractivity contribution in [1.29, 1.82) is 0 Å². The Morgan fingerprint density at radius 2 is 1.12 bits per heavy atom. The number of aliphatic carboxylic acids is 1. The molecule has 0 bridgehead atoms. The molecule has 5 aliphatic rings. The lowest BCUT2D eigenvalue weighted by molar-refractivity contribution is -0.325. The normalized spacial score (nSPS) is 32.8. The van der Waals surface area contributed by atoms with Gasteiger partial charge in [0.05, 0.1) is 33.8 Å². The van der Waals surface area contributed by atoms with Crippen LogP contribution in [-0.4, -0.2) is 78.4 Å². The zero-order valence-electron chi connectivity index (χ0n) is 46.0. The monoisotopic (exact) mass is 1050 g/mol. The Bertz CT molecular complexity index is 2760. The number of fused-ring (bicyclic) bond motifs is 2. The van der Waals surface area contributed by atoms with Crippen molar-refractivity contribution in [2.75, 3.05) is 6.61 Å². The Morgan fingerprint density at radius 1 is 0.610 bits per heavy atom. The maximum atomic E-state index is 14.4. The summed E-state index contributed by atoms with van der Waals surface area (Å²) in [5.74, 6) is -3.07. The summed E-state index contributed by atoms with van der Waals surface area (Å²) in [6, 6.07) is 33.6. The van der Waals surface area contributed by atoms with Gasteiger partial charge in [0, 0.05) is 0 Å². The third-order valence-electron chi connectivity index (χ3n) is 19.2. The van der Waals surface area contributed by atoms with Crippen molar-refractivity contribution in [3.8, 4) is 0 Å². The van der Waals surface area contributed by atoms with Gasteiger partial charge in [0.2, 0.25) is 0 Å². The van der Waals surface area contributed by atoms with E-state index in [0.717, 1.165) is 64.2 Å². The number of hydrogen-bond acceptors (Lipinski definition) is 11. The first-order valence-electron chi connectivity index (χ1n) is 28.0. The zero-order valence-corrected chi connectivity index (χ0v) is 46.0. The molecule has 12 nitrogen and oxygen atoms in total. The number of hydrogen-bond donors (Lipinski definition) is 1. The van der Waals surface area contributed by atoms with Gasteiger partial charge in [0.15, 0.2) is 24.6 Å². The first-order chi connectivity index (χ1) is 36.8. The second-order valence-electron chi connectivity index (χ2n) is 24.6. The third-order valence-corrected chi connectivity index (χ3v) is 19.2. The molecule has 4 saturated carbocycles. The van der Waals surface area contributed by atoms with Crippen LogP contribution in [0.4, 0.5) is 0 Å². The van der Waals surface area contributed by atoms with E-state index in [-0.39, 0.29) is 50.3 Å². The number of benzene rings is 4. The van der Waals surface area contributed by atoms with E-state index in [9.17, 15) is 29.1 Å². The van der Waals surface area contributed by atoms with Crippen LogP contribution in [-0.2, 0) is 33.2 Å². The molecule has 410 valence electrons. The van der Waals surface area contributed by atoms with Crippen molar-refractivity contribution in [2.24, 2.45) is 44.8 Å². The van der Waals surface area contributed by atoms with Gasteiger partial charge in [-0.1, -0.05) is 139 Å². The van der Waals surface area contributed by atoms with E-state index in [1.54, 1.807) is 121 Å². The molecule has 4 aromatic rings. The lowest BCUT2D eigenvalue weighted by atomic mass is 9.46. The fourth-order valence-corrected chi connectivity index (χ4v) is 14.3. The molecule has 1 saturated heterocycles. The first kappa shape index (κ1) is 55.6. The van der Waals surface area contributed by atoms with Crippen LogP contribution in [0.2, 0.25) is 0 Å². The van der Waals surface area contributed by atoms with Gasteiger partial charge >= 0.3 is 29.8 Å². The average Bonchev–Trinajstić information content (AvgIpc) is 3.49. The van der Waals surface area contributed by atoms with Gasteiger partial charge in [0.25, 0.3) is 0 Å². The lowest BCUT2D eigenvalue weighted by Gasteiger charge is -2.60. The van der Waals surface area contributed by atoms with Gasteiger partial charge in [-0.3, -0.25) is 4.79 Å². The van der Waals surface area contributed by atoms with Crippen LogP contribution in [0, 0.1) is 44.8 Å². The predicted molar refractivity (Wildman–Crippen MR) is 291 cm³/mol. The largest absolute Gasteiger partial charge is 0.481 e. The fourth-order valence-electron chi connectivity index (χ4n) is 14.3. The van der Waals surface area contributed by atoms with Crippen molar-refractivity contribution in [3.05, 3.63) is 155 Å². The molecular weight excluding hydrogens is 973 g/mol. The average molecular weight is 1050 g/mol. The molecule has 9 rings (SSSR count). The van der Waals surface area contributed by atoms with Crippen LogP contribution in [0.1, 0.15) is 167 Å². The molecule has 5 fully saturated rings. The van der Waals surface area contributed by atoms with E-state index in [1.807, 2.05) is 0 Å². The maximum Gasteiger partial charge on any atom is 0.338 e. The minimum absolute atomic E-state index is 0.00224. The highest BCUT2D eigenvalue weighted by Crippen LogP contribution is 2.65. The molecule has 4 aliphatic carbocycles. The molecule has 1 N–H and O–H groups in total. The summed E-state index contributed by atoms with van der Waals surface area (Å²) in [5, 5.41) is 10.9. The van der Waals surface area contributed by atoms with Gasteiger partial charge in [-0.15, -0.1) is 0 Å². The molecule has 1 heterocycles. The predicted octanol–water partition coefficient (Wildman–Crippen LogP) is 13.3. The highest BCUT2D eigenvalue weighted by Gasteiger charge is 2.61. The van der Waals surface area contributed by atoms with Gasteiger partial charge in [-0.2, -0.15) is 0 Å². The van der Waals surface area contributed by atoms with Crippen LogP contribution in [0.25, 0.3) is 0 Å². The molecule has 12 heteroatoms. The number of allylic oxidation sites excluding steroid dienone is 2. The summed E-state index contributed by atoms with van der Waals surface area (Å²) in [5.41, 5.74) is 0.950. The van der Waals surface area contributed by atoms with E-state index >= 15 is 0 Å². The molecular formula is C65H78O12. The number of carboxylic acids is 1. The molecule has 0 aromatic heterocycles. The Balaban J connectivity index is 1.06.